The van der Waals surface area contributed by atoms with E-state index < -0.39 is 0 Å². The molecule has 0 aliphatic rings. The van der Waals surface area contributed by atoms with E-state index in [0.717, 1.165) is 10.3 Å². The second-order valence-corrected chi connectivity index (χ2v) is 5.03. The van der Waals surface area contributed by atoms with Gasteiger partial charge < -0.3 is 10.6 Å². The van der Waals surface area contributed by atoms with Gasteiger partial charge in [0.05, 0.1) is 10.3 Å². The van der Waals surface area contributed by atoms with Crippen molar-refractivity contribution in [1.29, 1.82) is 0 Å². The van der Waals surface area contributed by atoms with Gasteiger partial charge in [0.25, 0.3) is 0 Å². The minimum Gasteiger partial charge on any atom is -0.358 e. The first kappa shape index (κ1) is 10.7. The fourth-order valence-corrected chi connectivity index (χ4v) is 2.29. The molecule has 1 heterocycles. The first-order valence-corrected chi connectivity index (χ1v) is 5.49. The number of carbonyl (C=O) groups is 1. The standard InChI is InChI=1S/C8H11BrN2OS/c1-10-8(12)5-11-4-6-2-3-7(9)13-6/h2-3,11H,4-5H2,1H3,(H,10,12). The normalized spacial score (nSPS) is 10.0. The highest BCUT2D eigenvalue weighted by Crippen LogP contribution is 2.21. The average Bonchev–Trinajstić information content (AvgIpc) is 2.51. The Morgan fingerprint density at radius 2 is 2.38 bits per heavy atom. The van der Waals surface area contributed by atoms with Crippen LogP contribution in [-0.4, -0.2) is 19.5 Å². The molecule has 1 aromatic heterocycles. The summed E-state index contributed by atoms with van der Waals surface area (Å²) in [5.74, 6) is 0.00984. The molecule has 1 aromatic rings. The maximum atomic E-state index is 10.8. The highest BCUT2D eigenvalue weighted by Gasteiger charge is 1.99. The zero-order chi connectivity index (χ0) is 9.68. The van der Waals surface area contributed by atoms with Gasteiger partial charge in [-0.2, -0.15) is 0 Å². The molecule has 0 aliphatic carbocycles. The van der Waals surface area contributed by atoms with Crippen LogP contribution in [0.5, 0.6) is 0 Å². The second kappa shape index (κ2) is 5.36. The van der Waals surface area contributed by atoms with Gasteiger partial charge in [-0.25, -0.2) is 0 Å². The molecule has 0 fully saturated rings. The smallest absolute Gasteiger partial charge is 0.233 e. The molecule has 1 amide bonds. The number of likely N-dealkylation sites (N-methyl/N-ethyl adjacent to an activating group) is 1. The molecule has 72 valence electrons. The van der Waals surface area contributed by atoms with E-state index in [2.05, 4.69) is 26.6 Å². The van der Waals surface area contributed by atoms with Crippen LogP contribution < -0.4 is 10.6 Å². The Hall–Kier alpha value is -0.390. The number of rotatable bonds is 4. The van der Waals surface area contributed by atoms with Gasteiger partial charge >= 0.3 is 0 Å². The van der Waals surface area contributed by atoms with Crippen LogP contribution in [0.4, 0.5) is 0 Å². The van der Waals surface area contributed by atoms with Gasteiger partial charge in [-0.15, -0.1) is 11.3 Å². The van der Waals surface area contributed by atoms with Crippen LogP contribution in [0.2, 0.25) is 0 Å². The Balaban J connectivity index is 2.24. The van der Waals surface area contributed by atoms with E-state index in [0.29, 0.717) is 6.54 Å². The van der Waals surface area contributed by atoms with E-state index in [9.17, 15) is 4.79 Å². The summed E-state index contributed by atoms with van der Waals surface area (Å²) in [7, 11) is 1.63. The van der Waals surface area contributed by atoms with Crippen LogP contribution >= 0.6 is 27.3 Å². The zero-order valence-corrected chi connectivity index (χ0v) is 9.67. The molecule has 0 aromatic carbocycles. The maximum Gasteiger partial charge on any atom is 0.233 e. The van der Waals surface area contributed by atoms with Crippen molar-refractivity contribution in [2.24, 2.45) is 0 Å². The average molecular weight is 263 g/mol. The molecule has 0 saturated heterocycles. The van der Waals surface area contributed by atoms with Crippen LogP contribution in [-0.2, 0) is 11.3 Å². The van der Waals surface area contributed by atoms with Crippen molar-refractivity contribution in [1.82, 2.24) is 10.6 Å². The summed E-state index contributed by atoms with van der Waals surface area (Å²) in [6.45, 7) is 1.11. The van der Waals surface area contributed by atoms with Gasteiger partial charge in [0, 0.05) is 18.5 Å². The molecule has 1 rings (SSSR count). The van der Waals surface area contributed by atoms with Crippen LogP contribution in [0.25, 0.3) is 0 Å². The first-order valence-electron chi connectivity index (χ1n) is 3.88. The molecule has 0 aliphatic heterocycles. The molecule has 2 N–H and O–H groups in total. The molecule has 5 heteroatoms. The number of carbonyl (C=O) groups excluding carboxylic acids is 1. The second-order valence-electron chi connectivity index (χ2n) is 2.48. The van der Waals surface area contributed by atoms with Crippen molar-refractivity contribution in [2.75, 3.05) is 13.6 Å². The fraction of sp³-hybridized carbons (Fsp3) is 0.375. The quantitative estimate of drug-likeness (QED) is 0.860. The summed E-state index contributed by atoms with van der Waals surface area (Å²) in [5.41, 5.74) is 0. The summed E-state index contributed by atoms with van der Waals surface area (Å²) in [6, 6.07) is 4.03. The van der Waals surface area contributed by atoms with Crippen LogP contribution in [0.3, 0.4) is 0 Å². The lowest BCUT2D eigenvalue weighted by Crippen LogP contribution is -2.30. The number of amides is 1. The number of thiophene rings is 1. The number of hydrogen-bond acceptors (Lipinski definition) is 3. The molecular formula is C8H11BrN2OS. The summed E-state index contributed by atoms with van der Waals surface area (Å²) >= 11 is 5.05. The number of halogens is 1. The summed E-state index contributed by atoms with van der Waals surface area (Å²) in [4.78, 5) is 12.0. The van der Waals surface area contributed by atoms with Crippen molar-refractivity contribution in [2.45, 2.75) is 6.54 Å². The molecule has 0 radical (unpaired) electrons. The third-order valence-corrected chi connectivity index (χ3v) is 3.12. The Bertz CT molecular complexity index is 287. The van der Waals surface area contributed by atoms with Crippen LogP contribution in [0.15, 0.2) is 15.9 Å². The molecule has 0 spiro atoms. The largest absolute Gasteiger partial charge is 0.358 e. The van der Waals surface area contributed by atoms with E-state index in [1.165, 1.54) is 4.88 Å². The fourth-order valence-electron chi connectivity index (χ4n) is 0.834. The van der Waals surface area contributed by atoms with Gasteiger partial charge in [-0.05, 0) is 28.1 Å². The molecule has 3 nitrogen and oxygen atoms in total. The molecule has 0 bridgehead atoms. The summed E-state index contributed by atoms with van der Waals surface area (Å²) in [6.07, 6.45) is 0. The highest BCUT2D eigenvalue weighted by molar-refractivity contribution is 9.11. The lowest BCUT2D eigenvalue weighted by Gasteiger charge is -2.00. The third kappa shape index (κ3) is 3.89. The topological polar surface area (TPSA) is 41.1 Å². The van der Waals surface area contributed by atoms with E-state index in [4.69, 9.17) is 0 Å². The van der Waals surface area contributed by atoms with Crippen LogP contribution in [0.1, 0.15) is 4.88 Å². The van der Waals surface area contributed by atoms with E-state index >= 15 is 0 Å². The summed E-state index contributed by atoms with van der Waals surface area (Å²) < 4.78 is 1.12. The summed E-state index contributed by atoms with van der Waals surface area (Å²) in [5, 5.41) is 5.59. The van der Waals surface area contributed by atoms with Crippen molar-refractivity contribution in [3.63, 3.8) is 0 Å². The predicted octanol–water partition coefficient (Wildman–Crippen LogP) is 1.35. The Kier molecular flexibility index (Phi) is 4.41. The molecule has 0 saturated carbocycles. The highest BCUT2D eigenvalue weighted by atomic mass is 79.9. The minimum absolute atomic E-state index is 0.00984. The first-order chi connectivity index (χ1) is 6.22. The predicted molar refractivity (Wildman–Crippen MR) is 57.8 cm³/mol. The molecule has 13 heavy (non-hydrogen) atoms. The SMILES string of the molecule is CNC(=O)CNCc1ccc(Br)s1. The van der Waals surface area contributed by atoms with Crippen molar-refractivity contribution >= 4 is 33.2 Å². The lowest BCUT2D eigenvalue weighted by atomic mass is 10.4. The number of hydrogen-bond donors (Lipinski definition) is 2. The van der Waals surface area contributed by atoms with E-state index in [-0.39, 0.29) is 5.91 Å². The van der Waals surface area contributed by atoms with Gasteiger partial charge in [-0.1, -0.05) is 0 Å². The lowest BCUT2D eigenvalue weighted by molar-refractivity contribution is -0.119. The van der Waals surface area contributed by atoms with Crippen molar-refractivity contribution < 1.29 is 4.79 Å². The van der Waals surface area contributed by atoms with E-state index in [1.807, 2.05) is 12.1 Å². The molecule has 0 unspecified atom stereocenters. The van der Waals surface area contributed by atoms with Crippen molar-refractivity contribution in [3.05, 3.63) is 20.8 Å². The molecule has 0 atom stereocenters. The molecular weight excluding hydrogens is 252 g/mol. The van der Waals surface area contributed by atoms with Gasteiger partial charge in [0.15, 0.2) is 0 Å². The van der Waals surface area contributed by atoms with Gasteiger partial charge in [0.1, 0.15) is 0 Å². The van der Waals surface area contributed by atoms with E-state index in [1.54, 1.807) is 18.4 Å². The van der Waals surface area contributed by atoms with Crippen molar-refractivity contribution in [3.8, 4) is 0 Å². The zero-order valence-electron chi connectivity index (χ0n) is 7.26. The maximum absolute atomic E-state index is 10.8. The monoisotopic (exact) mass is 262 g/mol. The van der Waals surface area contributed by atoms with Gasteiger partial charge in [0.2, 0.25) is 5.91 Å². The number of nitrogens with one attached hydrogen (secondary N) is 2. The minimum atomic E-state index is 0.00984. The Morgan fingerprint density at radius 1 is 1.62 bits per heavy atom. The van der Waals surface area contributed by atoms with Gasteiger partial charge in [-0.3, -0.25) is 4.79 Å². The van der Waals surface area contributed by atoms with Crippen LogP contribution in [0, 0.1) is 0 Å². The Morgan fingerprint density at radius 3 is 2.92 bits per heavy atom. The third-order valence-electron chi connectivity index (χ3n) is 1.49. The Labute approximate surface area is 89.7 Å².